The molecule has 1 fully saturated rings. The molecule has 160 valence electrons. The molecule has 11 nitrogen and oxygen atoms in total. The molecule has 0 saturated carbocycles. The first-order valence-electron chi connectivity index (χ1n) is 7.96. The molecule has 0 aromatic rings. The quantitative estimate of drug-likeness (QED) is 0.0983. The third-order valence-corrected chi connectivity index (χ3v) is 5.76. The molecular formula is C13H25NO10S3. The fraction of sp³-hybridized carbons (Fsp3) is 0.923. The molecule has 6 atom stereocenters. The summed E-state index contributed by atoms with van der Waals surface area (Å²) in [4.78, 5) is 0. The number of hydrogen-bond acceptors (Lipinski definition) is 12. The van der Waals surface area contributed by atoms with E-state index in [0.29, 0.717) is 18.2 Å². The molecule has 1 aliphatic heterocycles. The van der Waals surface area contributed by atoms with Gasteiger partial charge in [-0.2, -0.15) is 20.2 Å². The maximum absolute atomic E-state index is 10.7. The molecule has 0 bridgehead atoms. The van der Waals surface area contributed by atoms with E-state index < -0.39 is 53.0 Å². The predicted octanol–water partition coefficient (Wildman–Crippen LogP) is -1.45. The Bertz CT molecular complexity index is 573. The van der Waals surface area contributed by atoms with Gasteiger partial charge in [0.15, 0.2) is 0 Å². The highest BCUT2D eigenvalue weighted by Gasteiger charge is 2.44. The molecule has 0 unspecified atom stereocenters. The van der Waals surface area contributed by atoms with Crippen molar-refractivity contribution in [1.82, 2.24) is 0 Å². The SMILES string of the molecule is CSCC[C@@H](O)CC/C(=N/OS(=O)(=O)O)S[C@H]1O[C@@H](CO)[C@H](O)[C@@H](O)[C@H]1O. The second-order valence-corrected chi connectivity index (χ2v) is 8.94. The van der Waals surface area contributed by atoms with Crippen molar-refractivity contribution in [2.45, 2.75) is 55.2 Å². The van der Waals surface area contributed by atoms with Crippen molar-refractivity contribution in [2.24, 2.45) is 5.16 Å². The van der Waals surface area contributed by atoms with Crippen LogP contribution < -0.4 is 0 Å². The van der Waals surface area contributed by atoms with Crippen molar-refractivity contribution in [1.29, 1.82) is 0 Å². The average molecular weight is 452 g/mol. The summed E-state index contributed by atoms with van der Waals surface area (Å²) in [5.74, 6) is 0.717. The van der Waals surface area contributed by atoms with Crippen LogP contribution in [0.5, 0.6) is 0 Å². The number of nitrogens with zero attached hydrogens (tertiary/aromatic N) is 1. The summed E-state index contributed by atoms with van der Waals surface area (Å²) in [5.41, 5.74) is -1.20. The zero-order valence-corrected chi connectivity index (χ0v) is 16.9. The fourth-order valence-electron chi connectivity index (χ4n) is 2.20. The largest absolute Gasteiger partial charge is 0.466 e. The lowest BCUT2D eigenvalue weighted by molar-refractivity contribution is -0.205. The highest BCUT2D eigenvalue weighted by atomic mass is 32.3. The van der Waals surface area contributed by atoms with Crippen molar-refractivity contribution in [3.63, 3.8) is 0 Å². The first kappa shape index (κ1) is 24.9. The minimum Gasteiger partial charge on any atom is -0.394 e. The second-order valence-electron chi connectivity index (χ2n) is 5.78. The van der Waals surface area contributed by atoms with E-state index in [1.165, 1.54) is 0 Å². The Kier molecular flexibility index (Phi) is 10.8. The van der Waals surface area contributed by atoms with E-state index >= 15 is 0 Å². The van der Waals surface area contributed by atoms with Gasteiger partial charge >= 0.3 is 10.4 Å². The lowest BCUT2D eigenvalue weighted by atomic mass is 10.0. The third-order valence-electron chi connectivity index (χ3n) is 3.68. The Morgan fingerprint density at radius 2 is 1.89 bits per heavy atom. The summed E-state index contributed by atoms with van der Waals surface area (Å²) in [6.45, 7) is -0.622. The van der Waals surface area contributed by atoms with E-state index in [9.17, 15) is 34.0 Å². The van der Waals surface area contributed by atoms with Crippen LogP contribution in [0.3, 0.4) is 0 Å². The highest BCUT2D eigenvalue weighted by molar-refractivity contribution is 8.14. The Morgan fingerprint density at radius 3 is 2.44 bits per heavy atom. The molecule has 14 heteroatoms. The van der Waals surface area contributed by atoms with Crippen LogP contribution in [-0.4, -0.2) is 98.1 Å². The number of oxime groups is 1. The zero-order valence-electron chi connectivity index (χ0n) is 14.5. The third kappa shape index (κ3) is 8.81. The molecule has 1 rings (SSSR count). The summed E-state index contributed by atoms with van der Waals surface area (Å²) in [5, 5.41) is 52.0. The predicted molar refractivity (Wildman–Crippen MR) is 99.7 cm³/mol. The molecule has 0 aromatic heterocycles. The van der Waals surface area contributed by atoms with Crippen LogP contribution in [0.2, 0.25) is 0 Å². The van der Waals surface area contributed by atoms with Gasteiger partial charge in [0.1, 0.15) is 34.9 Å². The molecule has 0 aromatic carbocycles. The van der Waals surface area contributed by atoms with Crippen LogP contribution in [0.25, 0.3) is 0 Å². The van der Waals surface area contributed by atoms with Crippen molar-refractivity contribution >= 4 is 39.0 Å². The van der Waals surface area contributed by atoms with Crippen molar-refractivity contribution < 1.29 is 47.5 Å². The van der Waals surface area contributed by atoms with Gasteiger partial charge in [-0.05, 0) is 24.9 Å². The van der Waals surface area contributed by atoms with E-state index in [0.717, 1.165) is 5.75 Å². The number of thioether (sulfide) groups is 2. The van der Waals surface area contributed by atoms with Crippen molar-refractivity contribution in [2.75, 3.05) is 18.6 Å². The summed E-state index contributed by atoms with van der Waals surface area (Å²) in [6.07, 6.45) is -3.93. The van der Waals surface area contributed by atoms with Crippen LogP contribution >= 0.6 is 23.5 Å². The van der Waals surface area contributed by atoms with E-state index in [1.807, 2.05) is 6.26 Å². The lowest BCUT2D eigenvalue weighted by Crippen LogP contribution is -2.57. The van der Waals surface area contributed by atoms with Gasteiger partial charge in [-0.3, -0.25) is 4.55 Å². The fourth-order valence-corrected chi connectivity index (χ4v) is 4.02. The number of aliphatic hydroxyl groups excluding tert-OH is 5. The average Bonchev–Trinajstić information content (AvgIpc) is 2.61. The molecule has 27 heavy (non-hydrogen) atoms. The summed E-state index contributed by atoms with van der Waals surface area (Å²) in [6, 6.07) is 0. The van der Waals surface area contributed by atoms with Gasteiger partial charge in [0.2, 0.25) is 0 Å². The number of ether oxygens (including phenoxy) is 1. The minimum atomic E-state index is -4.86. The van der Waals surface area contributed by atoms with Crippen LogP contribution in [0, 0.1) is 0 Å². The molecule has 1 heterocycles. The number of rotatable bonds is 10. The zero-order chi connectivity index (χ0) is 20.6. The Balaban J connectivity index is 2.82. The van der Waals surface area contributed by atoms with Crippen LogP contribution in [0.1, 0.15) is 19.3 Å². The van der Waals surface area contributed by atoms with Crippen molar-refractivity contribution in [3.8, 4) is 0 Å². The highest BCUT2D eigenvalue weighted by Crippen LogP contribution is 2.30. The lowest BCUT2D eigenvalue weighted by Gasteiger charge is -2.39. The summed E-state index contributed by atoms with van der Waals surface area (Å²) in [7, 11) is -4.86. The molecular weight excluding hydrogens is 426 g/mol. The van der Waals surface area contributed by atoms with Gasteiger partial charge in [0.05, 0.1) is 12.7 Å². The normalized spacial score (nSPS) is 30.9. The number of hydrogen-bond donors (Lipinski definition) is 6. The minimum absolute atomic E-state index is 0.0325. The maximum atomic E-state index is 10.7. The molecule has 0 aliphatic carbocycles. The Labute approximate surface area is 165 Å². The van der Waals surface area contributed by atoms with Gasteiger partial charge in [-0.25, -0.2) is 4.28 Å². The number of aliphatic hydroxyl groups is 5. The van der Waals surface area contributed by atoms with Gasteiger partial charge in [-0.15, -0.1) is 0 Å². The topological polar surface area (TPSA) is 186 Å². The standard InChI is InChI=1S/C13H25NO10S3/c1-25-5-4-7(16)2-3-9(14-24-27(20,21)22)26-13-12(19)11(18)10(17)8(6-15)23-13/h7-8,10-13,15-19H,2-6H2,1H3,(H,20,21,22)/b14-9-/t7-,8-,10-,11+,12+,13+/m0/s1. The molecule has 0 spiro atoms. The maximum Gasteiger partial charge on any atom is 0.466 e. The van der Waals surface area contributed by atoms with E-state index in [1.54, 1.807) is 11.8 Å². The Hall–Kier alpha value is -0.160. The second kappa shape index (κ2) is 11.7. The van der Waals surface area contributed by atoms with Gasteiger partial charge in [0, 0.05) is 6.42 Å². The van der Waals surface area contributed by atoms with E-state index in [-0.39, 0.29) is 17.9 Å². The van der Waals surface area contributed by atoms with Crippen molar-refractivity contribution in [3.05, 3.63) is 0 Å². The molecule has 0 radical (unpaired) electrons. The van der Waals surface area contributed by atoms with E-state index in [2.05, 4.69) is 9.44 Å². The smallest absolute Gasteiger partial charge is 0.394 e. The first-order chi connectivity index (χ1) is 12.6. The monoisotopic (exact) mass is 451 g/mol. The Morgan fingerprint density at radius 1 is 1.22 bits per heavy atom. The van der Waals surface area contributed by atoms with Gasteiger partial charge < -0.3 is 30.3 Å². The van der Waals surface area contributed by atoms with Crippen LogP contribution in [0.15, 0.2) is 5.16 Å². The molecule has 1 saturated heterocycles. The summed E-state index contributed by atoms with van der Waals surface area (Å²) >= 11 is 2.23. The molecule has 0 amide bonds. The van der Waals surface area contributed by atoms with Crippen LogP contribution in [-0.2, 0) is 19.4 Å². The van der Waals surface area contributed by atoms with Gasteiger partial charge in [-0.1, -0.05) is 16.9 Å². The first-order valence-corrected chi connectivity index (χ1v) is 11.6. The van der Waals surface area contributed by atoms with Crippen LogP contribution in [0.4, 0.5) is 0 Å². The summed E-state index contributed by atoms with van der Waals surface area (Å²) < 4.78 is 39.5. The molecule has 1 aliphatic rings. The van der Waals surface area contributed by atoms with Gasteiger partial charge in [0.25, 0.3) is 0 Å². The molecule has 6 N–H and O–H groups in total. The van der Waals surface area contributed by atoms with E-state index in [4.69, 9.17) is 9.29 Å².